The van der Waals surface area contributed by atoms with Gasteiger partial charge >= 0.3 is 5.97 Å². The molecule has 3 rings (SSSR count). The highest BCUT2D eigenvalue weighted by atomic mass is 16.5. The number of rotatable bonds is 6. The number of hydrogen-bond donors (Lipinski definition) is 1. The Kier molecular flexibility index (Phi) is 5.86. The van der Waals surface area contributed by atoms with Gasteiger partial charge in [-0.05, 0) is 56.7 Å². The Labute approximate surface area is 154 Å². The van der Waals surface area contributed by atoms with E-state index in [0.717, 1.165) is 66.2 Å². The number of ether oxygens (including phenoxy) is 1. The molecule has 26 heavy (non-hydrogen) atoms. The summed E-state index contributed by atoms with van der Waals surface area (Å²) in [5, 5.41) is 3.59. The van der Waals surface area contributed by atoms with Gasteiger partial charge in [-0.25, -0.2) is 4.79 Å². The van der Waals surface area contributed by atoms with Crippen molar-refractivity contribution in [2.24, 2.45) is 0 Å². The van der Waals surface area contributed by atoms with Crippen molar-refractivity contribution in [1.82, 2.24) is 10.3 Å². The molecule has 0 bridgehead atoms. The van der Waals surface area contributed by atoms with E-state index in [1.807, 2.05) is 25.1 Å². The molecule has 2 aromatic rings. The van der Waals surface area contributed by atoms with Gasteiger partial charge in [-0.1, -0.05) is 25.0 Å². The molecule has 0 spiro atoms. The zero-order valence-corrected chi connectivity index (χ0v) is 15.6. The number of fused-ring (bicyclic) bond motifs is 2. The van der Waals surface area contributed by atoms with E-state index in [2.05, 4.69) is 12.2 Å². The molecule has 138 valence electrons. The molecule has 0 saturated carbocycles. The summed E-state index contributed by atoms with van der Waals surface area (Å²) in [7, 11) is 0. The van der Waals surface area contributed by atoms with E-state index in [4.69, 9.17) is 9.72 Å². The van der Waals surface area contributed by atoms with Crippen molar-refractivity contribution in [1.29, 1.82) is 0 Å². The number of carbonyl (C=O) groups is 2. The molecular weight excluding hydrogens is 328 g/mol. The Balaban J connectivity index is 1.86. The van der Waals surface area contributed by atoms with Crippen molar-refractivity contribution < 1.29 is 14.3 Å². The molecule has 0 atom stereocenters. The first-order chi connectivity index (χ1) is 12.6. The van der Waals surface area contributed by atoms with Crippen LogP contribution in [0.25, 0.3) is 10.9 Å². The standard InChI is InChI=1S/C21H26N2O3/c1-3-4-11-22-19(24)13-26-21(25)20-15-7-5-6-8-17(15)23-18-10-9-14(2)12-16(18)20/h9-10,12H,3-8,11,13H2,1-2H3,(H,22,24). The molecule has 0 aliphatic heterocycles. The monoisotopic (exact) mass is 354 g/mol. The summed E-state index contributed by atoms with van der Waals surface area (Å²) in [6.07, 6.45) is 5.78. The number of aromatic nitrogens is 1. The number of esters is 1. The number of nitrogens with one attached hydrogen (secondary N) is 1. The molecule has 5 heteroatoms. The first-order valence-electron chi connectivity index (χ1n) is 9.46. The van der Waals surface area contributed by atoms with Crippen LogP contribution in [-0.4, -0.2) is 30.0 Å². The van der Waals surface area contributed by atoms with E-state index in [1.165, 1.54) is 0 Å². The summed E-state index contributed by atoms with van der Waals surface area (Å²) in [5.41, 5.74) is 4.46. The molecule has 0 saturated heterocycles. The molecule has 0 radical (unpaired) electrons. The average molecular weight is 354 g/mol. The molecule has 1 heterocycles. The number of amides is 1. The Morgan fingerprint density at radius 3 is 2.85 bits per heavy atom. The van der Waals surface area contributed by atoms with Crippen LogP contribution in [0.1, 0.15) is 59.8 Å². The molecule has 0 fully saturated rings. The van der Waals surface area contributed by atoms with Gasteiger partial charge < -0.3 is 10.1 Å². The van der Waals surface area contributed by atoms with Gasteiger partial charge in [0.15, 0.2) is 6.61 Å². The lowest BCUT2D eigenvalue weighted by Gasteiger charge is -2.20. The van der Waals surface area contributed by atoms with E-state index in [1.54, 1.807) is 0 Å². The number of unbranched alkanes of at least 4 members (excludes halogenated alkanes) is 1. The largest absolute Gasteiger partial charge is 0.452 e. The molecule has 0 unspecified atom stereocenters. The second-order valence-corrected chi connectivity index (χ2v) is 6.92. The zero-order valence-electron chi connectivity index (χ0n) is 15.6. The second-order valence-electron chi connectivity index (χ2n) is 6.92. The number of benzene rings is 1. The molecule has 1 aromatic heterocycles. The molecule has 1 aliphatic carbocycles. The van der Waals surface area contributed by atoms with Gasteiger partial charge in [-0.15, -0.1) is 0 Å². The van der Waals surface area contributed by atoms with Crippen LogP contribution in [0.15, 0.2) is 18.2 Å². The van der Waals surface area contributed by atoms with Crippen molar-refractivity contribution in [3.63, 3.8) is 0 Å². The number of aryl methyl sites for hydroxylation is 2. The summed E-state index contributed by atoms with van der Waals surface area (Å²) >= 11 is 0. The van der Waals surface area contributed by atoms with Crippen molar-refractivity contribution in [3.8, 4) is 0 Å². The Hall–Kier alpha value is -2.43. The van der Waals surface area contributed by atoms with Gasteiger partial charge in [-0.2, -0.15) is 0 Å². The normalized spacial score (nSPS) is 13.3. The summed E-state index contributed by atoms with van der Waals surface area (Å²) in [6.45, 7) is 4.42. The van der Waals surface area contributed by atoms with E-state index >= 15 is 0 Å². The van der Waals surface area contributed by atoms with Crippen molar-refractivity contribution in [2.75, 3.05) is 13.2 Å². The van der Waals surface area contributed by atoms with Crippen molar-refractivity contribution in [3.05, 3.63) is 40.6 Å². The van der Waals surface area contributed by atoms with Gasteiger partial charge in [0.25, 0.3) is 5.91 Å². The predicted molar refractivity (Wildman–Crippen MR) is 101 cm³/mol. The molecule has 1 aromatic carbocycles. The average Bonchev–Trinajstić information content (AvgIpc) is 2.64. The number of nitrogens with zero attached hydrogens (tertiary/aromatic N) is 1. The maximum Gasteiger partial charge on any atom is 0.339 e. The minimum atomic E-state index is -0.424. The lowest BCUT2D eigenvalue weighted by Crippen LogP contribution is -2.30. The van der Waals surface area contributed by atoms with Gasteiger partial charge in [-0.3, -0.25) is 9.78 Å². The first kappa shape index (κ1) is 18.4. The third-order valence-electron chi connectivity index (χ3n) is 4.81. The topological polar surface area (TPSA) is 68.3 Å². The highest BCUT2D eigenvalue weighted by molar-refractivity contribution is 6.05. The summed E-state index contributed by atoms with van der Waals surface area (Å²) in [5.74, 6) is -0.679. The highest BCUT2D eigenvalue weighted by Crippen LogP contribution is 2.30. The van der Waals surface area contributed by atoms with Crippen LogP contribution in [0, 0.1) is 6.92 Å². The molecule has 1 N–H and O–H groups in total. The minimum absolute atomic E-state index is 0.243. The number of hydrogen-bond acceptors (Lipinski definition) is 4. The Morgan fingerprint density at radius 1 is 1.23 bits per heavy atom. The first-order valence-corrected chi connectivity index (χ1v) is 9.46. The van der Waals surface area contributed by atoms with E-state index in [0.29, 0.717) is 12.1 Å². The molecule has 1 amide bonds. The third kappa shape index (κ3) is 4.03. The van der Waals surface area contributed by atoms with Gasteiger partial charge in [0.2, 0.25) is 0 Å². The van der Waals surface area contributed by atoms with E-state index in [-0.39, 0.29) is 12.5 Å². The lowest BCUT2D eigenvalue weighted by atomic mass is 9.89. The summed E-state index contributed by atoms with van der Waals surface area (Å²) < 4.78 is 5.36. The van der Waals surface area contributed by atoms with Crippen LogP contribution in [0.4, 0.5) is 0 Å². The van der Waals surface area contributed by atoms with Crippen LogP contribution < -0.4 is 5.32 Å². The van der Waals surface area contributed by atoms with Crippen LogP contribution in [-0.2, 0) is 22.4 Å². The number of pyridine rings is 1. The highest BCUT2D eigenvalue weighted by Gasteiger charge is 2.24. The SMILES string of the molecule is CCCCNC(=O)COC(=O)c1c2c(nc3ccc(C)cc13)CCCC2. The maximum atomic E-state index is 12.8. The van der Waals surface area contributed by atoms with E-state index < -0.39 is 5.97 Å². The quantitative estimate of drug-likeness (QED) is 0.637. The fourth-order valence-electron chi connectivity index (χ4n) is 3.43. The molecule has 5 nitrogen and oxygen atoms in total. The minimum Gasteiger partial charge on any atom is -0.452 e. The Morgan fingerprint density at radius 2 is 2.04 bits per heavy atom. The fraction of sp³-hybridized carbons (Fsp3) is 0.476. The summed E-state index contributed by atoms with van der Waals surface area (Å²) in [6, 6.07) is 5.93. The van der Waals surface area contributed by atoms with Crippen molar-refractivity contribution >= 4 is 22.8 Å². The van der Waals surface area contributed by atoms with Crippen LogP contribution in [0.2, 0.25) is 0 Å². The maximum absolute atomic E-state index is 12.8. The van der Waals surface area contributed by atoms with Gasteiger partial charge in [0.1, 0.15) is 0 Å². The summed E-state index contributed by atoms with van der Waals surface area (Å²) in [4.78, 5) is 29.5. The van der Waals surface area contributed by atoms with Gasteiger partial charge in [0, 0.05) is 17.6 Å². The third-order valence-corrected chi connectivity index (χ3v) is 4.81. The Bertz CT molecular complexity index is 830. The van der Waals surface area contributed by atoms with Crippen LogP contribution in [0.5, 0.6) is 0 Å². The van der Waals surface area contributed by atoms with Crippen molar-refractivity contribution in [2.45, 2.75) is 52.4 Å². The smallest absolute Gasteiger partial charge is 0.339 e. The number of carbonyl (C=O) groups excluding carboxylic acids is 2. The predicted octanol–water partition coefficient (Wildman–Crippen LogP) is 3.50. The second kappa shape index (κ2) is 8.30. The van der Waals surface area contributed by atoms with Crippen LogP contribution in [0.3, 0.4) is 0 Å². The molecule has 1 aliphatic rings. The zero-order chi connectivity index (χ0) is 18.5. The lowest BCUT2D eigenvalue weighted by molar-refractivity contribution is -0.124. The van der Waals surface area contributed by atoms with E-state index in [9.17, 15) is 9.59 Å². The van der Waals surface area contributed by atoms with Crippen LogP contribution >= 0.6 is 0 Å². The molecular formula is C21H26N2O3. The van der Waals surface area contributed by atoms with Gasteiger partial charge in [0.05, 0.1) is 11.1 Å². The fourth-order valence-corrected chi connectivity index (χ4v) is 3.43.